The van der Waals surface area contributed by atoms with Gasteiger partial charge in [0, 0.05) is 5.56 Å². The highest BCUT2D eigenvalue weighted by Gasteiger charge is 2.13. The fourth-order valence-corrected chi connectivity index (χ4v) is 2.35. The van der Waals surface area contributed by atoms with E-state index in [1.165, 1.54) is 7.11 Å². The highest BCUT2D eigenvalue weighted by molar-refractivity contribution is 7.80. The molecule has 2 aromatic rings. The van der Waals surface area contributed by atoms with Crippen LogP contribution < -0.4 is 25.6 Å². The molecule has 0 saturated carbocycles. The molecule has 0 heterocycles. The Kier molecular flexibility index (Phi) is 7.76. The molecule has 28 heavy (non-hydrogen) atoms. The molecule has 0 aliphatic carbocycles. The summed E-state index contributed by atoms with van der Waals surface area (Å²) < 4.78 is 10.8. The van der Waals surface area contributed by atoms with Crippen LogP contribution in [0.25, 0.3) is 0 Å². The molecule has 2 aromatic carbocycles. The lowest BCUT2D eigenvalue weighted by Crippen LogP contribution is -2.48. The summed E-state index contributed by atoms with van der Waals surface area (Å²) in [7, 11) is 1.48. The number of thiocarbonyl (C=S) groups is 1. The van der Waals surface area contributed by atoms with Gasteiger partial charge in [-0.25, -0.2) is 0 Å². The molecular formula is C20H23N3O4S. The van der Waals surface area contributed by atoms with Crippen LogP contribution in [0.5, 0.6) is 11.5 Å². The smallest absolute Gasteiger partial charge is 0.273 e. The summed E-state index contributed by atoms with van der Waals surface area (Å²) in [5.41, 5.74) is 5.65. The van der Waals surface area contributed by atoms with Gasteiger partial charge in [-0.2, -0.15) is 0 Å². The Bertz CT molecular complexity index is 855. The number of rotatable bonds is 6. The quantitative estimate of drug-likeness (QED) is 0.510. The maximum absolute atomic E-state index is 12.3. The second-order valence-electron chi connectivity index (χ2n) is 6.30. The molecule has 148 valence electrons. The number of nitrogens with one attached hydrogen (secondary N) is 3. The summed E-state index contributed by atoms with van der Waals surface area (Å²) in [5.74, 6) is 0.540. The van der Waals surface area contributed by atoms with Crippen molar-refractivity contribution in [3.8, 4) is 11.5 Å². The molecule has 0 radical (unpaired) electrons. The van der Waals surface area contributed by atoms with E-state index in [4.69, 9.17) is 21.7 Å². The van der Waals surface area contributed by atoms with Crippen molar-refractivity contribution in [2.75, 3.05) is 13.7 Å². The third kappa shape index (κ3) is 6.24. The number of hydrogen-bond acceptors (Lipinski definition) is 5. The normalized spacial score (nSPS) is 10.1. The molecule has 3 N–H and O–H groups in total. The van der Waals surface area contributed by atoms with Gasteiger partial charge in [0.1, 0.15) is 11.5 Å². The fourth-order valence-electron chi connectivity index (χ4n) is 2.21. The number of para-hydroxylation sites is 1. The summed E-state index contributed by atoms with van der Waals surface area (Å²) in [5, 5.41) is 2.46. The molecule has 0 aliphatic rings. The van der Waals surface area contributed by atoms with Crippen LogP contribution in [0.3, 0.4) is 0 Å². The van der Waals surface area contributed by atoms with Gasteiger partial charge >= 0.3 is 0 Å². The Labute approximate surface area is 169 Å². The minimum atomic E-state index is -0.446. The second kappa shape index (κ2) is 10.3. The van der Waals surface area contributed by atoms with E-state index in [2.05, 4.69) is 16.2 Å². The Morgan fingerprint density at radius 1 is 1.04 bits per heavy atom. The van der Waals surface area contributed by atoms with Gasteiger partial charge in [0.25, 0.3) is 11.8 Å². The van der Waals surface area contributed by atoms with Crippen LogP contribution in [-0.2, 0) is 0 Å². The lowest BCUT2D eigenvalue weighted by Gasteiger charge is -2.13. The number of methoxy groups -OCH3 is 1. The number of ether oxygens (including phenoxy) is 2. The standard InChI is InChI=1S/C20H23N3O4S/c1-13(2)12-27-15-8-6-7-14(11-15)18(24)21-20(28)23-22-19(25)16-9-4-5-10-17(16)26-3/h4-11,13H,12H2,1-3H3,(H,22,25)(H2,21,23,24,28). The topological polar surface area (TPSA) is 88.7 Å². The number of hydrogen-bond donors (Lipinski definition) is 3. The fraction of sp³-hybridized carbons (Fsp3) is 0.250. The first-order valence-electron chi connectivity index (χ1n) is 8.68. The lowest BCUT2D eigenvalue weighted by atomic mass is 10.2. The van der Waals surface area contributed by atoms with Crippen molar-refractivity contribution in [1.82, 2.24) is 16.2 Å². The van der Waals surface area contributed by atoms with Crippen molar-refractivity contribution in [2.24, 2.45) is 5.92 Å². The van der Waals surface area contributed by atoms with Crippen molar-refractivity contribution in [1.29, 1.82) is 0 Å². The second-order valence-corrected chi connectivity index (χ2v) is 6.70. The molecule has 0 aliphatic heterocycles. The predicted octanol–water partition coefficient (Wildman–Crippen LogP) is 2.68. The predicted molar refractivity (Wildman–Crippen MR) is 110 cm³/mol. The first-order chi connectivity index (χ1) is 13.4. The first kappa shape index (κ1) is 21.2. The van der Waals surface area contributed by atoms with E-state index in [0.29, 0.717) is 35.2 Å². The third-order valence-corrected chi connectivity index (χ3v) is 3.75. The van der Waals surface area contributed by atoms with Gasteiger partial charge in [-0.15, -0.1) is 0 Å². The van der Waals surface area contributed by atoms with Crippen LogP contribution in [-0.4, -0.2) is 30.6 Å². The van der Waals surface area contributed by atoms with E-state index in [1.54, 1.807) is 48.5 Å². The van der Waals surface area contributed by atoms with Crippen molar-refractivity contribution in [3.63, 3.8) is 0 Å². The molecule has 8 heteroatoms. The van der Waals surface area contributed by atoms with E-state index in [-0.39, 0.29) is 5.11 Å². The van der Waals surface area contributed by atoms with Crippen molar-refractivity contribution < 1.29 is 19.1 Å². The minimum Gasteiger partial charge on any atom is -0.496 e. The SMILES string of the molecule is COc1ccccc1C(=O)NNC(=S)NC(=O)c1cccc(OCC(C)C)c1. The van der Waals surface area contributed by atoms with Crippen LogP contribution in [0.4, 0.5) is 0 Å². The summed E-state index contributed by atoms with van der Waals surface area (Å²) in [6.45, 7) is 4.64. The largest absolute Gasteiger partial charge is 0.496 e. The molecule has 0 atom stereocenters. The number of carbonyl (C=O) groups is 2. The summed E-state index contributed by atoms with van der Waals surface area (Å²) in [6.07, 6.45) is 0. The van der Waals surface area contributed by atoms with E-state index in [9.17, 15) is 9.59 Å². The number of hydrazine groups is 1. The minimum absolute atomic E-state index is 0.0400. The maximum atomic E-state index is 12.3. The molecule has 0 saturated heterocycles. The van der Waals surface area contributed by atoms with Crippen LogP contribution >= 0.6 is 12.2 Å². The van der Waals surface area contributed by atoms with E-state index >= 15 is 0 Å². The van der Waals surface area contributed by atoms with Crippen molar-refractivity contribution in [2.45, 2.75) is 13.8 Å². The zero-order valence-electron chi connectivity index (χ0n) is 15.9. The molecule has 2 rings (SSSR count). The van der Waals surface area contributed by atoms with Gasteiger partial charge in [0.2, 0.25) is 0 Å². The summed E-state index contributed by atoms with van der Waals surface area (Å²) >= 11 is 5.06. The van der Waals surface area contributed by atoms with E-state index < -0.39 is 11.8 Å². The lowest BCUT2D eigenvalue weighted by molar-refractivity contribution is 0.0932. The number of benzene rings is 2. The Hall–Kier alpha value is -3.13. The van der Waals surface area contributed by atoms with Gasteiger partial charge in [0.05, 0.1) is 19.3 Å². The molecule has 0 fully saturated rings. The Balaban J connectivity index is 1.90. The maximum Gasteiger partial charge on any atom is 0.273 e. The van der Waals surface area contributed by atoms with Crippen LogP contribution in [0.2, 0.25) is 0 Å². The van der Waals surface area contributed by atoms with Gasteiger partial charge < -0.3 is 9.47 Å². The monoisotopic (exact) mass is 401 g/mol. The highest BCUT2D eigenvalue weighted by Crippen LogP contribution is 2.16. The van der Waals surface area contributed by atoms with Crippen LogP contribution in [0, 0.1) is 5.92 Å². The molecular weight excluding hydrogens is 378 g/mol. The van der Waals surface area contributed by atoms with E-state index in [0.717, 1.165) is 0 Å². The Morgan fingerprint density at radius 2 is 1.79 bits per heavy atom. The molecule has 0 spiro atoms. The summed E-state index contributed by atoms with van der Waals surface area (Å²) in [6, 6.07) is 13.5. The number of carbonyl (C=O) groups excluding carboxylic acids is 2. The van der Waals surface area contributed by atoms with Crippen LogP contribution in [0.15, 0.2) is 48.5 Å². The highest BCUT2D eigenvalue weighted by atomic mass is 32.1. The molecule has 0 unspecified atom stereocenters. The molecule has 0 aromatic heterocycles. The molecule has 7 nitrogen and oxygen atoms in total. The van der Waals surface area contributed by atoms with Gasteiger partial charge in [-0.05, 0) is 48.5 Å². The average Bonchev–Trinajstić information content (AvgIpc) is 2.70. The zero-order valence-corrected chi connectivity index (χ0v) is 16.8. The van der Waals surface area contributed by atoms with Crippen LogP contribution in [0.1, 0.15) is 34.6 Å². The zero-order chi connectivity index (χ0) is 20.5. The van der Waals surface area contributed by atoms with Gasteiger partial charge in [-0.1, -0.05) is 32.0 Å². The van der Waals surface area contributed by atoms with Gasteiger partial charge in [-0.3, -0.25) is 25.8 Å². The van der Waals surface area contributed by atoms with Crippen molar-refractivity contribution in [3.05, 3.63) is 59.7 Å². The molecule has 0 bridgehead atoms. The number of amides is 2. The summed E-state index contributed by atoms with van der Waals surface area (Å²) in [4.78, 5) is 24.5. The molecule has 2 amide bonds. The van der Waals surface area contributed by atoms with E-state index in [1.807, 2.05) is 13.8 Å². The van der Waals surface area contributed by atoms with Crippen molar-refractivity contribution >= 4 is 29.1 Å². The average molecular weight is 401 g/mol. The van der Waals surface area contributed by atoms with Gasteiger partial charge in [0.15, 0.2) is 5.11 Å². The third-order valence-electron chi connectivity index (χ3n) is 3.55. The first-order valence-corrected chi connectivity index (χ1v) is 9.09. The Morgan fingerprint density at radius 3 is 2.50 bits per heavy atom.